The molecule has 0 bridgehead atoms. The highest BCUT2D eigenvalue weighted by Crippen LogP contribution is 2.26. The fourth-order valence-electron chi connectivity index (χ4n) is 1.72. The highest BCUT2D eigenvalue weighted by atomic mass is 19.4. The van der Waals surface area contributed by atoms with E-state index in [0.29, 0.717) is 22.6 Å². The summed E-state index contributed by atoms with van der Waals surface area (Å²) in [7, 11) is 0. The Bertz CT molecular complexity index is 675. The minimum absolute atomic E-state index is 0.0644. The normalized spacial score (nSPS) is 11.0. The van der Waals surface area contributed by atoms with Crippen molar-refractivity contribution in [3.8, 4) is 23.1 Å². The van der Waals surface area contributed by atoms with E-state index >= 15 is 0 Å². The van der Waals surface area contributed by atoms with Gasteiger partial charge in [-0.3, -0.25) is 0 Å². The molecule has 0 atom stereocenters. The third-order valence-electron chi connectivity index (χ3n) is 2.64. The van der Waals surface area contributed by atoms with E-state index in [4.69, 9.17) is 11.0 Å². The van der Waals surface area contributed by atoms with Gasteiger partial charge in [-0.1, -0.05) is 0 Å². The van der Waals surface area contributed by atoms with Crippen molar-refractivity contribution in [1.82, 2.24) is 4.98 Å². The van der Waals surface area contributed by atoms with Crippen molar-refractivity contribution in [2.45, 2.75) is 12.8 Å². The molecule has 2 N–H and O–H groups in total. The molecule has 2 aromatic rings. The highest BCUT2D eigenvalue weighted by molar-refractivity contribution is 5.63. The smallest absolute Gasteiger partial charge is 0.406 e. The molecule has 108 valence electrons. The Morgan fingerprint density at radius 3 is 2.38 bits per heavy atom. The van der Waals surface area contributed by atoms with E-state index in [2.05, 4.69) is 9.72 Å². The molecule has 1 aromatic heterocycles. The van der Waals surface area contributed by atoms with Gasteiger partial charge in [0, 0.05) is 5.56 Å². The molecule has 0 amide bonds. The SMILES string of the molecule is N#CCc1nc(-c2ccc(OC(F)(F)F)cc2)ccc1N. The largest absolute Gasteiger partial charge is 0.573 e. The fourth-order valence-corrected chi connectivity index (χ4v) is 1.72. The van der Waals surface area contributed by atoms with Crippen molar-refractivity contribution in [3.63, 3.8) is 0 Å². The second-order valence-corrected chi connectivity index (χ2v) is 4.14. The van der Waals surface area contributed by atoms with E-state index in [0.717, 1.165) is 0 Å². The summed E-state index contributed by atoms with van der Waals surface area (Å²) < 4.78 is 40.0. The molecule has 4 nitrogen and oxygen atoms in total. The third kappa shape index (κ3) is 3.86. The Hall–Kier alpha value is -2.75. The number of rotatable bonds is 3. The van der Waals surface area contributed by atoms with Gasteiger partial charge in [0.25, 0.3) is 0 Å². The molecule has 2 rings (SSSR count). The minimum Gasteiger partial charge on any atom is -0.406 e. The van der Waals surface area contributed by atoms with Gasteiger partial charge in [0.1, 0.15) is 5.75 Å². The van der Waals surface area contributed by atoms with E-state index < -0.39 is 6.36 Å². The van der Waals surface area contributed by atoms with Crippen LogP contribution in [0.5, 0.6) is 5.75 Å². The lowest BCUT2D eigenvalue weighted by Gasteiger charge is -2.09. The van der Waals surface area contributed by atoms with Gasteiger partial charge in [-0.2, -0.15) is 5.26 Å². The highest BCUT2D eigenvalue weighted by Gasteiger charge is 2.30. The molecule has 0 saturated carbocycles. The van der Waals surface area contributed by atoms with Gasteiger partial charge in [0.15, 0.2) is 0 Å². The van der Waals surface area contributed by atoms with E-state index in [1.165, 1.54) is 24.3 Å². The van der Waals surface area contributed by atoms with Crippen molar-refractivity contribution < 1.29 is 17.9 Å². The van der Waals surface area contributed by atoms with Crippen LogP contribution in [0.15, 0.2) is 36.4 Å². The number of nitrogens with zero attached hydrogens (tertiary/aromatic N) is 2. The van der Waals surface area contributed by atoms with Crippen LogP contribution in [-0.4, -0.2) is 11.3 Å². The topological polar surface area (TPSA) is 71.9 Å². The van der Waals surface area contributed by atoms with Crippen LogP contribution in [0.25, 0.3) is 11.3 Å². The van der Waals surface area contributed by atoms with E-state index in [1.807, 2.05) is 6.07 Å². The first-order chi connectivity index (χ1) is 9.89. The number of benzene rings is 1. The number of anilines is 1. The molecule has 7 heteroatoms. The first-order valence-corrected chi connectivity index (χ1v) is 5.87. The number of pyridine rings is 1. The minimum atomic E-state index is -4.72. The van der Waals surface area contributed by atoms with Crippen LogP contribution in [-0.2, 0) is 6.42 Å². The predicted octanol–water partition coefficient (Wildman–Crippen LogP) is 3.30. The number of alkyl halides is 3. The molecule has 0 aliphatic rings. The van der Waals surface area contributed by atoms with Crippen LogP contribution in [0.3, 0.4) is 0 Å². The zero-order chi connectivity index (χ0) is 15.5. The molecule has 0 unspecified atom stereocenters. The standard InChI is InChI=1S/C14H10F3N3O/c15-14(16,17)21-10-3-1-9(2-4-10)12-6-5-11(19)13(20-12)7-8-18/h1-6H,7,19H2. The maximum absolute atomic E-state index is 12.1. The number of nitrogens with two attached hydrogens (primary N) is 1. The summed E-state index contributed by atoms with van der Waals surface area (Å²) in [5.74, 6) is -0.307. The summed E-state index contributed by atoms with van der Waals surface area (Å²) in [6.07, 6.45) is -4.66. The molecule has 0 radical (unpaired) electrons. The summed E-state index contributed by atoms with van der Waals surface area (Å²) >= 11 is 0. The Morgan fingerprint density at radius 1 is 1.14 bits per heavy atom. The van der Waals surface area contributed by atoms with Crippen molar-refractivity contribution in [3.05, 3.63) is 42.1 Å². The van der Waals surface area contributed by atoms with Crippen LogP contribution in [0.4, 0.5) is 18.9 Å². The van der Waals surface area contributed by atoms with E-state index in [-0.39, 0.29) is 12.2 Å². The van der Waals surface area contributed by atoms with Crippen molar-refractivity contribution in [2.75, 3.05) is 5.73 Å². The summed E-state index contributed by atoms with van der Waals surface area (Å²) in [6, 6.07) is 10.5. The summed E-state index contributed by atoms with van der Waals surface area (Å²) in [5.41, 5.74) is 7.65. The number of halogens is 3. The number of hydrogen-bond donors (Lipinski definition) is 1. The average Bonchev–Trinajstić information content (AvgIpc) is 2.41. The first-order valence-electron chi connectivity index (χ1n) is 5.87. The molecule has 0 aliphatic heterocycles. The molecule has 1 heterocycles. The number of nitrogen functional groups attached to an aromatic ring is 1. The maximum atomic E-state index is 12.1. The molecule has 0 saturated heterocycles. The molecular formula is C14H10F3N3O. The number of nitriles is 1. The van der Waals surface area contributed by atoms with Gasteiger partial charge in [0.05, 0.1) is 29.6 Å². The van der Waals surface area contributed by atoms with Gasteiger partial charge in [-0.15, -0.1) is 13.2 Å². The first kappa shape index (κ1) is 14.7. The van der Waals surface area contributed by atoms with Gasteiger partial charge in [0.2, 0.25) is 0 Å². The molecule has 0 aliphatic carbocycles. The van der Waals surface area contributed by atoms with Crippen molar-refractivity contribution in [1.29, 1.82) is 5.26 Å². The van der Waals surface area contributed by atoms with Crippen LogP contribution in [0.2, 0.25) is 0 Å². The van der Waals surface area contributed by atoms with Crippen LogP contribution >= 0.6 is 0 Å². The second kappa shape index (κ2) is 5.71. The van der Waals surface area contributed by atoms with E-state index in [9.17, 15) is 13.2 Å². The Morgan fingerprint density at radius 2 is 1.81 bits per heavy atom. The van der Waals surface area contributed by atoms with Crippen LogP contribution < -0.4 is 10.5 Å². The molecule has 21 heavy (non-hydrogen) atoms. The number of hydrogen-bond acceptors (Lipinski definition) is 4. The third-order valence-corrected chi connectivity index (χ3v) is 2.64. The summed E-state index contributed by atoms with van der Waals surface area (Å²) in [6.45, 7) is 0. The van der Waals surface area contributed by atoms with E-state index in [1.54, 1.807) is 12.1 Å². The Balaban J connectivity index is 2.27. The monoisotopic (exact) mass is 293 g/mol. The van der Waals surface area contributed by atoms with Gasteiger partial charge < -0.3 is 10.5 Å². The summed E-state index contributed by atoms with van der Waals surface area (Å²) in [4.78, 5) is 4.23. The zero-order valence-electron chi connectivity index (χ0n) is 10.7. The van der Waals surface area contributed by atoms with Crippen molar-refractivity contribution in [2.24, 2.45) is 0 Å². The second-order valence-electron chi connectivity index (χ2n) is 4.14. The zero-order valence-corrected chi connectivity index (χ0v) is 10.7. The predicted molar refractivity (Wildman–Crippen MR) is 70.1 cm³/mol. The molecule has 0 spiro atoms. The lowest BCUT2D eigenvalue weighted by Crippen LogP contribution is -2.16. The fraction of sp³-hybridized carbons (Fsp3) is 0.143. The lowest BCUT2D eigenvalue weighted by molar-refractivity contribution is -0.274. The molecular weight excluding hydrogens is 283 g/mol. The van der Waals surface area contributed by atoms with Gasteiger partial charge >= 0.3 is 6.36 Å². The quantitative estimate of drug-likeness (QED) is 0.942. The Kier molecular flexibility index (Phi) is 3.98. The lowest BCUT2D eigenvalue weighted by atomic mass is 10.1. The van der Waals surface area contributed by atoms with Crippen LogP contribution in [0, 0.1) is 11.3 Å². The molecule has 0 fully saturated rings. The van der Waals surface area contributed by atoms with Gasteiger partial charge in [-0.05, 0) is 36.4 Å². The summed E-state index contributed by atoms with van der Waals surface area (Å²) in [5, 5.41) is 8.68. The number of aromatic nitrogens is 1. The Labute approximate surface area is 118 Å². The number of ether oxygens (including phenoxy) is 1. The van der Waals surface area contributed by atoms with Crippen LogP contribution in [0.1, 0.15) is 5.69 Å². The maximum Gasteiger partial charge on any atom is 0.573 e. The van der Waals surface area contributed by atoms with Gasteiger partial charge in [-0.25, -0.2) is 4.98 Å². The van der Waals surface area contributed by atoms with Crippen molar-refractivity contribution >= 4 is 5.69 Å². The average molecular weight is 293 g/mol. The molecule has 1 aromatic carbocycles.